The molecule has 1 aromatic carbocycles. The van der Waals surface area contributed by atoms with Gasteiger partial charge in [0.05, 0.1) is 11.5 Å². The Bertz CT molecular complexity index is 1060. The minimum atomic E-state index is -0.308. The molecule has 8 heteroatoms. The second-order valence-electron chi connectivity index (χ2n) is 9.28. The van der Waals surface area contributed by atoms with Gasteiger partial charge in [0.15, 0.2) is 5.13 Å². The number of nitrogens with zero attached hydrogens (tertiary/aromatic N) is 2. The first-order chi connectivity index (χ1) is 16.0. The summed E-state index contributed by atoms with van der Waals surface area (Å²) >= 11 is 8.10. The van der Waals surface area contributed by atoms with Gasteiger partial charge in [0.2, 0.25) is 12.7 Å². The highest BCUT2D eigenvalue weighted by Gasteiger charge is 2.56. The summed E-state index contributed by atoms with van der Waals surface area (Å²) in [5.41, 5.74) is 0.748. The van der Waals surface area contributed by atoms with Crippen molar-refractivity contribution in [3.05, 3.63) is 57.4 Å². The molecular weight excluding hydrogens is 458 g/mol. The van der Waals surface area contributed by atoms with Crippen molar-refractivity contribution in [2.24, 2.45) is 11.3 Å². The number of hydrogen-bond acceptors (Lipinski definition) is 6. The van der Waals surface area contributed by atoms with Gasteiger partial charge in [-0.2, -0.15) is 0 Å². The van der Waals surface area contributed by atoms with Crippen molar-refractivity contribution in [1.29, 1.82) is 0 Å². The molecule has 1 N–H and O–H groups in total. The molecule has 5 rings (SSSR count). The molecule has 1 unspecified atom stereocenters. The average Bonchev–Trinajstić information content (AvgIpc) is 3.27. The Morgan fingerprint density at radius 2 is 2.12 bits per heavy atom. The smallest absolute Gasteiger partial charge is 0.232 e. The molecule has 2 aromatic rings. The van der Waals surface area contributed by atoms with Crippen molar-refractivity contribution in [3.63, 3.8) is 0 Å². The number of halogens is 1. The van der Waals surface area contributed by atoms with E-state index in [0.717, 1.165) is 72.1 Å². The van der Waals surface area contributed by atoms with Crippen LogP contribution in [0.15, 0.2) is 42.0 Å². The number of anilines is 1. The maximum Gasteiger partial charge on any atom is 0.232 e. The second kappa shape index (κ2) is 9.28. The van der Waals surface area contributed by atoms with Crippen LogP contribution in [-0.2, 0) is 14.3 Å². The SMILES string of the molecule is CCCN(C)[C@@H](c1cnc(NC(=O)C2(C3CCC4=C(C3)OCO4)CC2)s1)c1ccccc1Cl. The van der Waals surface area contributed by atoms with Gasteiger partial charge in [0.1, 0.15) is 11.5 Å². The molecule has 2 heterocycles. The largest absolute Gasteiger partial charge is 0.458 e. The summed E-state index contributed by atoms with van der Waals surface area (Å²) in [6.07, 6.45) is 7.38. The van der Waals surface area contributed by atoms with Crippen LogP contribution in [0.2, 0.25) is 5.02 Å². The average molecular weight is 488 g/mol. The highest BCUT2D eigenvalue weighted by atomic mass is 35.5. The molecule has 6 nitrogen and oxygen atoms in total. The van der Waals surface area contributed by atoms with Gasteiger partial charge >= 0.3 is 0 Å². The van der Waals surface area contributed by atoms with Gasteiger partial charge in [-0.05, 0) is 56.8 Å². The third-order valence-electron chi connectivity index (χ3n) is 7.18. The van der Waals surface area contributed by atoms with E-state index in [1.54, 1.807) is 0 Å². The van der Waals surface area contributed by atoms with Crippen LogP contribution in [0.25, 0.3) is 0 Å². The van der Waals surface area contributed by atoms with Crippen molar-refractivity contribution >= 4 is 34.0 Å². The standard InChI is InChI=1S/C25H30ClN3O3S/c1-3-12-29(2)22(17-6-4-5-7-18(17)26)21-14-27-24(33-21)28-23(30)25(10-11-25)16-8-9-19-20(13-16)32-15-31-19/h4-7,14,16,22H,3,8-13,15H2,1-2H3,(H,27,28,30)/t16?,22-/m1/s1. The Morgan fingerprint density at radius 1 is 1.33 bits per heavy atom. The Morgan fingerprint density at radius 3 is 2.88 bits per heavy atom. The Labute approximate surface area is 203 Å². The minimum Gasteiger partial charge on any atom is -0.458 e. The van der Waals surface area contributed by atoms with Crippen molar-refractivity contribution in [1.82, 2.24) is 9.88 Å². The van der Waals surface area contributed by atoms with Gasteiger partial charge in [-0.1, -0.05) is 48.1 Å². The van der Waals surface area contributed by atoms with E-state index < -0.39 is 0 Å². The fraction of sp³-hybridized carbons (Fsp3) is 0.520. The summed E-state index contributed by atoms with van der Waals surface area (Å²) < 4.78 is 11.2. The molecule has 176 valence electrons. The second-order valence-corrected chi connectivity index (χ2v) is 10.7. The van der Waals surface area contributed by atoms with Crippen LogP contribution in [0.3, 0.4) is 0 Å². The lowest BCUT2D eigenvalue weighted by Gasteiger charge is -2.28. The van der Waals surface area contributed by atoms with Crippen LogP contribution < -0.4 is 5.32 Å². The van der Waals surface area contributed by atoms with Crippen molar-refractivity contribution in [3.8, 4) is 0 Å². The molecule has 1 amide bonds. The number of nitrogens with one attached hydrogen (secondary N) is 1. The fourth-order valence-corrected chi connectivity index (χ4v) is 6.49. The van der Waals surface area contributed by atoms with E-state index in [2.05, 4.69) is 35.2 Å². The van der Waals surface area contributed by atoms with Gasteiger partial charge in [-0.3, -0.25) is 9.69 Å². The molecule has 3 aliphatic rings. The van der Waals surface area contributed by atoms with Crippen LogP contribution in [0, 0.1) is 11.3 Å². The van der Waals surface area contributed by atoms with Crippen molar-refractivity contribution in [2.45, 2.75) is 51.5 Å². The first-order valence-corrected chi connectivity index (χ1v) is 12.9. The zero-order chi connectivity index (χ0) is 23.0. The van der Waals surface area contributed by atoms with E-state index in [0.29, 0.717) is 17.8 Å². The molecule has 0 spiro atoms. The number of ether oxygens (including phenoxy) is 2. The van der Waals surface area contributed by atoms with Gasteiger partial charge in [0.25, 0.3) is 0 Å². The highest BCUT2D eigenvalue weighted by molar-refractivity contribution is 7.15. The van der Waals surface area contributed by atoms with Crippen LogP contribution in [0.1, 0.15) is 61.9 Å². The number of amides is 1. The first kappa shape index (κ1) is 22.7. The Kier molecular flexibility index (Phi) is 6.38. The van der Waals surface area contributed by atoms with Gasteiger partial charge in [0, 0.05) is 28.9 Å². The van der Waals surface area contributed by atoms with E-state index in [-0.39, 0.29) is 17.4 Å². The van der Waals surface area contributed by atoms with E-state index in [1.165, 1.54) is 11.3 Å². The lowest BCUT2D eigenvalue weighted by atomic mass is 9.78. The fourth-order valence-electron chi connectivity index (χ4n) is 5.25. The number of benzene rings is 1. The molecule has 2 aliphatic carbocycles. The van der Waals surface area contributed by atoms with E-state index in [9.17, 15) is 4.79 Å². The predicted octanol–water partition coefficient (Wildman–Crippen LogP) is 5.96. The normalized spacial score (nSPS) is 21.9. The Balaban J connectivity index is 1.32. The number of carbonyl (C=O) groups is 1. The van der Waals surface area contributed by atoms with Gasteiger partial charge in [-0.15, -0.1) is 0 Å². The maximum absolute atomic E-state index is 13.4. The zero-order valence-electron chi connectivity index (χ0n) is 19.1. The summed E-state index contributed by atoms with van der Waals surface area (Å²) in [5.74, 6) is 2.31. The maximum atomic E-state index is 13.4. The van der Waals surface area contributed by atoms with Crippen molar-refractivity contribution in [2.75, 3.05) is 25.7 Å². The van der Waals surface area contributed by atoms with Gasteiger partial charge < -0.3 is 14.8 Å². The van der Waals surface area contributed by atoms with Crippen LogP contribution >= 0.6 is 22.9 Å². The molecule has 1 aromatic heterocycles. The lowest BCUT2D eigenvalue weighted by Crippen LogP contribution is -2.32. The molecule has 2 atom stereocenters. The number of hydrogen-bond donors (Lipinski definition) is 1. The first-order valence-electron chi connectivity index (χ1n) is 11.7. The lowest BCUT2D eigenvalue weighted by molar-refractivity contribution is -0.123. The molecule has 0 bridgehead atoms. The summed E-state index contributed by atoms with van der Waals surface area (Å²) in [4.78, 5) is 21.3. The topological polar surface area (TPSA) is 63.7 Å². The third-order valence-corrected chi connectivity index (χ3v) is 8.49. The summed E-state index contributed by atoms with van der Waals surface area (Å²) in [6.45, 7) is 3.42. The Hall–Kier alpha value is -2.09. The monoisotopic (exact) mass is 487 g/mol. The van der Waals surface area contributed by atoms with E-state index >= 15 is 0 Å². The van der Waals surface area contributed by atoms with Crippen molar-refractivity contribution < 1.29 is 14.3 Å². The zero-order valence-corrected chi connectivity index (χ0v) is 20.7. The molecule has 1 aliphatic heterocycles. The summed E-state index contributed by atoms with van der Waals surface area (Å²) in [7, 11) is 2.11. The van der Waals surface area contributed by atoms with E-state index in [4.69, 9.17) is 21.1 Å². The van der Waals surface area contributed by atoms with E-state index in [1.807, 2.05) is 24.4 Å². The quantitative estimate of drug-likeness (QED) is 0.497. The molecule has 0 radical (unpaired) electrons. The van der Waals surface area contributed by atoms with Crippen LogP contribution in [-0.4, -0.2) is 36.2 Å². The summed E-state index contributed by atoms with van der Waals surface area (Å²) in [5, 5.41) is 4.54. The third kappa shape index (κ3) is 4.38. The molecule has 1 saturated carbocycles. The number of allylic oxidation sites excluding steroid dienone is 2. The minimum absolute atomic E-state index is 0.0000877. The number of rotatable bonds is 8. The molecular formula is C25H30ClN3O3S. The number of thiazole rings is 1. The number of aromatic nitrogens is 1. The highest BCUT2D eigenvalue weighted by Crippen LogP contribution is 2.58. The predicted molar refractivity (Wildman–Crippen MR) is 130 cm³/mol. The summed E-state index contributed by atoms with van der Waals surface area (Å²) in [6, 6.07) is 7.95. The molecule has 1 fully saturated rings. The van der Waals surface area contributed by atoms with Crippen LogP contribution in [0.5, 0.6) is 0 Å². The number of carbonyl (C=O) groups excluding carboxylic acids is 1. The molecule has 33 heavy (non-hydrogen) atoms. The van der Waals surface area contributed by atoms with Gasteiger partial charge in [-0.25, -0.2) is 4.98 Å². The molecule has 0 saturated heterocycles. The van der Waals surface area contributed by atoms with Crippen LogP contribution in [0.4, 0.5) is 5.13 Å².